The van der Waals surface area contributed by atoms with Gasteiger partial charge in [0.1, 0.15) is 5.55 Å². The van der Waals surface area contributed by atoms with Gasteiger partial charge < -0.3 is 10.2 Å². The monoisotopic (exact) mass is 196 g/mol. The van der Waals surface area contributed by atoms with Crippen molar-refractivity contribution < 1.29 is 15.0 Å². The van der Waals surface area contributed by atoms with Crippen LogP contribution < -0.4 is 5.84 Å². The third-order valence-electron chi connectivity index (χ3n) is 0.545. The van der Waals surface area contributed by atoms with Gasteiger partial charge in [-0.3, -0.25) is 4.79 Å². The van der Waals surface area contributed by atoms with Gasteiger partial charge in [0.15, 0.2) is 0 Å². The molecule has 0 heterocycles. The second kappa shape index (κ2) is 7.32. The van der Waals surface area contributed by atoms with E-state index in [1.165, 1.54) is 6.92 Å². The molecule has 0 saturated carbocycles. The van der Waals surface area contributed by atoms with Crippen molar-refractivity contribution in [1.29, 1.82) is 0 Å². The lowest BCUT2D eigenvalue weighted by Gasteiger charge is -2.07. The van der Waals surface area contributed by atoms with E-state index in [1.807, 2.05) is 0 Å². The molecule has 0 aliphatic carbocycles. The Morgan fingerprint density at radius 2 is 2.00 bits per heavy atom. The summed E-state index contributed by atoms with van der Waals surface area (Å²) in [6.07, 6.45) is 0. The second-order valence-corrected chi connectivity index (χ2v) is 1.85. The van der Waals surface area contributed by atoms with Crippen LogP contribution in [0.5, 0.6) is 0 Å². The van der Waals surface area contributed by atoms with E-state index < -0.39 is 11.1 Å². The molecule has 4 N–H and O–H groups in total. The molecule has 0 rings (SSSR count). The van der Waals surface area contributed by atoms with Gasteiger partial charge in [-0.1, -0.05) is 0 Å². The molecule has 0 saturated heterocycles. The topological polar surface area (TPSA) is 86.8 Å². The van der Waals surface area contributed by atoms with Crippen LogP contribution in [-0.2, 0) is 4.79 Å². The lowest BCUT2D eigenvalue weighted by molar-refractivity contribution is -0.125. The molecule has 0 aliphatic rings. The van der Waals surface area contributed by atoms with Crippen LogP contribution in [0.1, 0.15) is 6.92 Å². The van der Waals surface area contributed by atoms with Crippen molar-refractivity contribution in [2.24, 2.45) is 5.84 Å². The Hall–Kier alpha value is -0.790. The van der Waals surface area contributed by atoms with Crippen molar-refractivity contribution in [3.8, 4) is 0 Å². The van der Waals surface area contributed by atoms with Crippen molar-refractivity contribution in [3.63, 3.8) is 0 Å². The van der Waals surface area contributed by atoms with Crippen molar-refractivity contribution in [2.45, 2.75) is 6.92 Å². The normalized spacial score (nSPS) is 7.09. The first-order valence-electron chi connectivity index (χ1n) is 2.33. The fraction of sp³-hybridized carbons (Fsp3) is 0.250. The largest absolute Gasteiger partial charge is 0.504 e. The number of hydrazine groups is 1. The van der Waals surface area contributed by atoms with Crippen LogP contribution >= 0.6 is 24.4 Å². The fourth-order valence-electron chi connectivity index (χ4n) is 0.135. The first-order chi connectivity index (χ1) is 4.97. The Balaban J connectivity index is 0. The Bertz CT molecular complexity index is 147. The van der Waals surface area contributed by atoms with E-state index in [0.29, 0.717) is 10.6 Å². The van der Waals surface area contributed by atoms with Crippen LogP contribution in [0.4, 0.5) is 0 Å². The highest BCUT2D eigenvalue weighted by atomic mass is 32.1. The quantitative estimate of drug-likeness (QED) is 0.220. The summed E-state index contributed by atoms with van der Waals surface area (Å²) in [6, 6.07) is 0. The molecule has 0 atom stereocenters. The average molecular weight is 196 g/mol. The van der Waals surface area contributed by atoms with E-state index in [-0.39, 0.29) is 0 Å². The zero-order chi connectivity index (χ0) is 9.44. The molecule has 1 amide bonds. The Kier molecular flexibility index (Phi) is 8.55. The summed E-state index contributed by atoms with van der Waals surface area (Å²) < 4.78 is 0. The summed E-state index contributed by atoms with van der Waals surface area (Å²) in [5.74, 6) is 4.36. The number of aliphatic hydroxyl groups excluding tert-OH is 2. The van der Waals surface area contributed by atoms with E-state index >= 15 is 0 Å². The van der Waals surface area contributed by atoms with Crippen molar-refractivity contribution in [2.75, 3.05) is 0 Å². The molecular formula is C4H8N2O3S2. The predicted molar refractivity (Wildman–Crippen MR) is 48.2 cm³/mol. The number of carbonyl (C=O) groups is 1. The molecule has 0 aliphatic heterocycles. The Morgan fingerprint density at radius 3 is 2.00 bits per heavy atom. The van der Waals surface area contributed by atoms with E-state index in [0.717, 1.165) is 0 Å². The molecule has 64 valence electrons. The molecule has 0 bridgehead atoms. The molecule has 0 aromatic rings. The van der Waals surface area contributed by atoms with Gasteiger partial charge in [-0.25, -0.2) is 10.9 Å². The Morgan fingerprint density at radius 1 is 1.73 bits per heavy atom. The maximum atomic E-state index is 10.1. The van der Waals surface area contributed by atoms with Crippen LogP contribution in [0.25, 0.3) is 0 Å². The third kappa shape index (κ3) is 9.21. The van der Waals surface area contributed by atoms with E-state index in [2.05, 4.69) is 24.4 Å². The molecule has 11 heavy (non-hydrogen) atoms. The summed E-state index contributed by atoms with van der Waals surface area (Å²) in [7, 11) is 0. The zero-order valence-corrected chi connectivity index (χ0v) is 7.35. The Labute approximate surface area is 74.4 Å². The molecular weight excluding hydrogens is 188 g/mol. The van der Waals surface area contributed by atoms with Crippen molar-refractivity contribution >= 4 is 41.1 Å². The molecule has 5 nitrogen and oxygen atoms in total. The highest BCUT2D eigenvalue weighted by Gasteiger charge is 2.04. The SMILES string of the molecule is CC(=O)N(N)C(O)=S.OC=S. The number of amides is 1. The molecule has 0 fully saturated rings. The average Bonchev–Trinajstić information content (AvgIpc) is 1.87. The smallest absolute Gasteiger partial charge is 0.278 e. The summed E-state index contributed by atoms with van der Waals surface area (Å²) in [5.41, 5.74) is 0.583. The number of thiocarbonyl (C=S) groups is 2. The van der Waals surface area contributed by atoms with Gasteiger partial charge in [-0.2, -0.15) is 0 Å². The number of hydrogen-bond acceptors (Lipinski definition) is 4. The predicted octanol–water partition coefficient (Wildman–Crippen LogP) is 0.0531. The minimum absolute atomic E-state index is 0.481. The molecule has 0 aromatic carbocycles. The minimum atomic E-state index is -0.613. The highest BCUT2D eigenvalue weighted by molar-refractivity contribution is 7.79. The zero-order valence-electron chi connectivity index (χ0n) is 5.72. The fourth-order valence-corrected chi connectivity index (χ4v) is 0.263. The minimum Gasteiger partial charge on any atom is -0.504 e. The number of nitrogens with zero attached hydrogens (tertiary/aromatic N) is 1. The van der Waals surface area contributed by atoms with Crippen molar-refractivity contribution in [3.05, 3.63) is 0 Å². The molecule has 0 unspecified atom stereocenters. The first-order valence-corrected chi connectivity index (χ1v) is 3.21. The van der Waals surface area contributed by atoms with Gasteiger partial charge in [0.2, 0.25) is 5.91 Å². The number of carbonyl (C=O) groups excluding carboxylic acids is 1. The number of rotatable bonds is 0. The van der Waals surface area contributed by atoms with Gasteiger partial charge in [0.05, 0.1) is 0 Å². The van der Waals surface area contributed by atoms with Crippen LogP contribution in [0.3, 0.4) is 0 Å². The van der Waals surface area contributed by atoms with Gasteiger partial charge >= 0.3 is 0 Å². The second-order valence-electron chi connectivity index (χ2n) is 1.28. The standard InChI is InChI=1S/C3H6N2O2S.CH2OS/c1-2(6)5(4)3(7)8;2-1-3/h4H2,1H3,(H,7,8);1H,(H,2,3). The van der Waals surface area contributed by atoms with Crippen LogP contribution in [0.2, 0.25) is 0 Å². The molecule has 0 spiro atoms. The van der Waals surface area contributed by atoms with Crippen LogP contribution in [0.15, 0.2) is 0 Å². The molecule has 0 aromatic heterocycles. The van der Waals surface area contributed by atoms with E-state index in [9.17, 15) is 4.79 Å². The van der Waals surface area contributed by atoms with Gasteiger partial charge in [-0.15, -0.1) is 0 Å². The van der Waals surface area contributed by atoms with Gasteiger partial charge in [0, 0.05) is 6.92 Å². The van der Waals surface area contributed by atoms with E-state index in [1.54, 1.807) is 0 Å². The summed E-state index contributed by atoms with van der Waals surface area (Å²) in [4.78, 5) is 10.1. The summed E-state index contributed by atoms with van der Waals surface area (Å²) in [5, 5.41) is 15.4. The van der Waals surface area contributed by atoms with Crippen LogP contribution in [-0.4, -0.2) is 31.9 Å². The number of aliphatic hydroxyl groups is 2. The summed E-state index contributed by atoms with van der Waals surface area (Å²) in [6.45, 7) is 1.20. The van der Waals surface area contributed by atoms with Crippen LogP contribution in [0, 0.1) is 0 Å². The molecule has 0 radical (unpaired) electrons. The summed E-state index contributed by atoms with van der Waals surface area (Å²) >= 11 is 7.95. The first kappa shape index (κ1) is 12.8. The van der Waals surface area contributed by atoms with Gasteiger partial charge in [0.25, 0.3) is 5.17 Å². The maximum Gasteiger partial charge on any atom is 0.278 e. The van der Waals surface area contributed by atoms with E-state index in [4.69, 9.17) is 16.1 Å². The number of nitrogens with two attached hydrogens (primary N) is 1. The lowest BCUT2D eigenvalue weighted by Crippen LogP contribution is -2.39. The van der Waals surface area contributed by atoms with Gasteiger partial charge in [-0.05, 0) is 24.4 Å². The number of hydrogen-bond donors (Lipinski definition) is 3. The highest BCUT2D eigenvalue weighted by Crippen LogP contribution is 1.78. The van der Waals surface area contributed by atoms with Crippen molar-refractivity contribution in [1.82, 2.24) is 5.01 Å². The third-order valence-corrected chi connectivity index (χ3v) is 0.742. The molecule has 7 heteroatoms. The lowest BCUT2D eigenvalue weighted by atomic mass is 10.7. The maximum absolute atomic E-state index is 10.1.